The van der Waals surface area contributed by atoms with Gasteiger partial charge in [-0.2, -0.15) is 0 Å². The van der Waals surface area contributed by atoms with Crippen LogP contribution in [0, 0.1) is 0 Å². The summed E-state index contributed by atoms with van der Waals surface area (Å²) in [6.07, 6.45) is 0.924. The van der Waals surface area contributed by atoms with Crippen molar-refractivity contribution in [3.8, 4) is 0 Å². The van der Waals surface area contributed by atoms with Gasteiger partial charge in [-0.05, 0) is 36.6 Å². The average molecular weight is 367 g/mol. The van der Waals surface area contributed by atoms with Gasteiger partial charge in [-0.25, -0.2) is 9.59 Å². The number of aromatic carboxylic acids is 1. The second kappa shape index (κ2) is 8.68. The minimum Gasteiger partial charge on any atom is -0.478 e. The summed E-state index contributed by atoms with van der Waals surface area (Å²) in [5, 5.41) is 14.8. The van der Waals surface area contributed by atoms with Crippen LogP contribution >= 0.6 is 0 Å². The third-order valence-corrected chi connectivity index (χ3v) is 4.92. The Morgan fingerprint density at radius 3 is 2.44 bits per heavy atom. The van der Waals surface area contributed by atoms with Crippen LogP contribution in [0.2, 0.25) is 0 Å². The Morgan fingerprint density at radius 1 is 1.07 bits per heavy atom. The van der Waals surface area contributed by atoms with E-state index in [0.29, 0.717) is 12.6 Å². The summed E-state index contributed by atoms with van der Waals surface area (Å²) >= 11 is 0. The van der Waals surface area contributed by atoms with Crippen LogP contribution in [0.4, 0.5) is 4.79 Å². The lowest BCUT2D eigenvalue weighted by molar-refractivity contribution is 0.0697. The summed E-state index contributed by atoms with van der Waals surface area (Å²) < 4.78 is 0. The van der Waals surface area contributed by atoms with Crippen LogP contribution in [-0.2, 0) is 13.1 Å². The van der Waals surface area contributed by atoms with Gasteiger partial charge in [-0.1, -0.05) is 42.5 Å². The molecule has 0 saturated carbocycles. The first kappa shape index (κ1) is 18.9. The molecule has 2 aromatic carbocycles. The van der Waals surface area contributed by atoms with E-state index >= 15 is 0 Å². The molecule has 1 fully saturated rings. The highest BCUT2D eigenvalue weighted by Gasteiger charge is 2.29. The van der Waals surface area contributed by atoms with Crippen LogP contribution in [0.1, 0.15) is 34.8 Å². The van der Waals surface area contributed by atoms with Crippen molar-refractivity contribution in [1.82, 2.24) is 15.5 Å². The van der Waals surface area contributed by atoms with Crippen molar-refractivity contribution in [2.24, 2.45) is 0 Å². The molecule has 0 bridgehead atoms. The quantitative estimate of drug-likeness (QED) is 0.733. The predicted octanol–water partition coefficient (Wildman–Crippen LogP) is 2.85. The van der Waals surface area contributed by atoms with Gasteiger partial charge in [0.2, 0.25) is 0 Å². The molecule has 6 nitrogen and oxygen atoms in total. The molecule has 0 aliphatic carbocycles. The second-order valence-electron chi connectivity index (χ2n) is 7.03. The molecule has 142 valence electrons. The highest BCUT2D eigenvalue weighted by molar-refractivity contribution is 5.87. The summed E-state index contributed by atoms with van der Waals surface area (Å²) in [6, 6.07) is 17.2. The van der Waals surface area contributed by atoms with Gasteiger partial charge in [0.25, 0.3) is 0 Å². The number of nitrogens with zero attached hydrogens (tertiary/aromatic N) is 1. The minimum atomic E-state index is -0.956. The lowest BCUT2D eigenvalue weighted by atomic mass is 10.1. The molecule has 2 amide bonds. The summed E-state index contributed by atoms with van der Waals surface area (Å²) in [6.45, 7) is 4.27. The molecule has 1 saturated heterocycles. The molecule has 3 rings (SSSR count). The first-order valence-corrected chi connectivity index (χ1v) is 9.16. The largest absolute Gasteiger partial charge is 0.478 e. The zero-order valence-electron chi connectivity index (χ0n) is 15.4. The summed E-state index contributed by atoms with van der Waals surface area (Å²) in [4.78, 5) is 25.4. The molecule has 1 aliphatic heterocycles. The number of benzene rings is 2. The number of likely N-dealkylation sites (tertiary alicyclic amines) is 1. The van der Waals surface area contributed by atoms with Crippen molar-refractivity contribution in [3.63, 3.8) is 0 Å². The first-order chi connectivity index (χ1) is 13.0. The number of hydrogen-bond donors (Lipinski definition) is 3. The Bertz CT molecular complexity index is 777. The average Bonchev–Trinajstić information content (AvgIpc) is 3.00. The lowest BCUT2D eigenvalue weighted by Crippen LogP contribution is -2.43. The molecule has 3 N–H and O–H groups in total. The standard InChI is InChI=1S/C21H25N3O3/c1-15-11-19(14-24(15)13-17-5-3-2-4-6-17)23-21(27)22-12-16-7-9-18(10-8-16)20(25)26/h2-10,15,19H,11-14H2,1H3,(H,25,26)(H2,22,23,27). The monoisotopic (exact) mass is 367 g/mol. The van der Waals surface area contributed by atoms with E-state index < -0.39 is 5.97 Å². The van der Waals surface area contributed by atoms with Gasteiger partial charge in [0.15, 0.2) is 0 Å². The number of urea groups is 1. The molecule has 0 aromatic heterocycles. The van der Waals surface area contributed by atoms with Crippen molar-refractivity contribution in [2.45, 2.75) is 38.5 Å². The van der Waals surface area contributed by atoms with E-state index in [1.165, 1.54) is 17.7 Å². The van der Waals surface area contributed by atoms with Crippen LogP contribution in [0.25, 0.3) is 0 Å². The van der Waals surface area contributed by atoms with Crippen molar-refractivity contribution in [3.05, 3.63) is 71.3 Å². The second-order valence-corrected chi connectivity index (χ2v) is 7.03. The molecule has 27 heavy (non-hydrogen) atoms. The maximum absolute atomic E-state index is 12.2. The summed E-state index contributed by atoms with van der Waals surface area (Å²) in [5.74, 6) is -0.956. The van der Waals surface area contributed by atoms with Crippen molar-refractivity contribution in [2.75, 3.05) is 6.54 Å². The third-order valence-electron chi connectivity index (χ3n) is 4.92. The highest BCUT2D eigenvalue weighted by Crippen LogP contribution is 2.20. The van der Waals surface area contributed by atoms with Crippen LogP contribution in [0.15, 0.2) is 54.6 Å². The number of amides is 2. The van der Waals surface area contributed by atoms with E-state index in [1.807, 2.05) is 18.2 Å². The number of nitrogens with one attached hydrogen (secondary N) is 2. The lowest BCUT2D eigenvalue weighted by Gasteiger charge is -2.20. The maximum atomic E-state index is 12.2. The van der Waals surface area contributed by atoms with E-state index in [9.17, 15) is 9.59 Å². The van der Waals surface area contributed by atoms with Gasteiger partial charge in [0.05, 0.1) is 5.56 Å². The SMILES string of the molecule is CC1CC(NC(=O)NCc2ccc(C(=O)O)cc2)CN1Cc1ccccc1. The van der Waals surface area contributed by atoms with Crippen LogP contribution in [0.3, 0.4) is 0 Å². The van der Waals surface area contributed by atoms with Crippen LogP contribution in [-0.4, -0.2) is 40.6 Å². The van der Waals surface area contributed by atoms with E-state index in [4.69, 9.17) is 5.11 Å². The highest BCUT2D eigenvalue weighted by atomic mass is 16.4. The number of carboxylic acids is 1. The fourth-order valence-corrected chi connectivity index (χ4v) is 3.43. The number of carbonyl (C=O) groups is 2. The first-order valence-electron chi connectivity index (χ1n) is 9.16. The molecule has 1 heterocycles. The van der Waals surface area contributed by atoms with Gasteiger partial charge < -0.3 is 15.7 Å². The summed E-state index contributed by atoms with van der Waals surface area (Å²) in [7, 11) is 0. The van der Waals surface area contributed by atoms with E-state index in [0.717, 1.165) is 25.1 Å². The molecule has 0 spiro atoms. The molecule has 2 unspecified atom stereocenters. The van der Waals surface area contributed by atoms with Gasteiger partial charge in [-0.3, -0.25) is 4.90 Å². The van der Waals surface area contributed by atoms with E-state index in [-0.39, 0.29) is 17.6 Å². The number of carbonyl (C=O) groups excluding carboxylic acids is 1. The van der Waals surface area contributed by atoms with E-state index in [2.05, 4.69) is 34.6 Å². The normalized spacial score (nSPS) is 19.6. The van der Waals surface area contributed by atoms with Crippen molar-refractivity contribution in [1.29, 1.82) is 0 Å². The molecule has 6 heteroatoms. The topological polar surface area (TPSA) is 81.7 Å². The van der Waals surface area contributed by atoms with Gasteiger partial charge in [0, 0.05) is 31.7 Å². The smallest absolute Gasteiger partial charge is 0.335 e. The fraction of sp³-hybridized carbons (Fsp3) is 0.333. The third kappa shape index (κ3) is 5.31. The van der Waals surface area contributed by atoms with E-state index in [1.54, 1.807) is 12.1 Å². The Morgan fingerprint density at radius 2 is 1.78 bits per heavy atom. The van der Waals surface area contributed by atoms with Crippen molar-refractivity contribution >= 4 is 12.0 Å². The zero-order chi connectivity index (χ0) is 19.2. The Kier molecular flexibility index (Phi) is 6.08. The number of carboxylic acid groups (broad SMARTS) is 1. The maximum Gasteiger partial charge on any atom is 0.335 e. The number of hydrogen-bond acceptors (Lipinski definition) is 3. The van der Waals surface area contributed by atoms with Gasteiger partial charge >= 0.3 is 12.0 Å². The minimum absolute atomic E-state index is 0.123. The van der Waals surface area contributed by atoms with Gasteiger partial charge in [-0.15, -0.1) is 0 Å². The number of rotatable bonds is 6. The van der Waals surface area contributed by atoms with Crippen LogP contribution in [0.5, 0.6) is 0 Å². The molecule has 1 aliphatic rings. The Labute approximate surface area is 159 Å². The molecule has 0 radical (unpaired) electrons. The summed E-state index contributed by atoms with van der Waals surface area (Å²) in [5.41, 5.74) is 2.38. The molecule has 2 aromatic rings. The molecular weight excluding hydrogens is 342 g/mol. The van der Waals surface area contributed by atoms with Crippen molar-refractivity contribution < 1.29 is 14.7 Å². The zero-order valence-corrected chi connectivity index (χ0v) is 15.4. The Balaban J connectivity index is 1.45. The molecule has 2 atom stereocenters. The van der Waals surface area contributed by atoms with Gasteiger partial charge in [0.1, 0.15) is 0 Å². The van der Waals surface area contributed by atoms with Crippen LogP contribution < -0.4 is 10.6 Å². The Hall–Kier alpha value is -2.86. The fourth-order valence-electron chi connectivity index (χ4n) is 3.43. The predicted molar refractivity (Wildman–Crippen MR) is 103 cm³/mol. The molecular formula is C21H25N3O3.